The van der Waals surface area contributed by atoms with Crippen LogP contribution in [0, 0.1) is 11.6 Å². The van der Waals surface area contributed by atoms with E-state index in [-0.39, 0.29) is 11.7 Å². The van der Waals surface area contributed by atoms with E-state index in [1.54, 1.807) is 6.20 Å². The van der Waals surface area contributed by atoms with Gasteiger partial charge < -0.3 is 10.4 Å². The minimum Gasteiger partial charge on any atom is -0.387 e. The van der Waals surface area contributed by atoms with E-state index in [2.05, 4.69) is 10.4 Å². The summed E-state index contributed by atoms with van der Waals surface area (Å²) in [5.74, 6) is -1.79. The third-order valence-electron chi connectivity index (χ3n) is 3.80. The Kier molecular flexibility index (Phi) is 3.89. The molecule has 1 atom stereocenters. The van der Waals surface area contributed by atoms with Crippen molar-refractivity contribution < 1.29 is 18.7 Å². The van der Waals surface area contributed by atoms with E-state index in [0.29, 0.717) is 6.42 Å². The van der Waals surface area contributed by atoms with E-state index in [1.165, 1.54) is 16.8 Å². The van der Waals surface area contributed by atoms with Crippen LogP contribution >= 0.6 is 0 Å². The third-order valence-corrected chi connectivity index (χ3v) is 3.80. The Morgan fingerprint density at radius 2 is 2.27 bits per heavy atom. The fraction of sp³-hybridized carbons (Fsp3) is 0.333. The van der Waals surface area contributed by atoms with E-state index in [4.69, 9.17) is 5.11 Å². The first kappa shape index (κ1) is 14.6. The van der Waals surface area contributed by atoms with Crippen molar-refractivity contribution in [3.05, 3.63) is 47.3 Å². The van der Waals surface area contributed by atoms with E-state index >= 15 is 0 Å². The number of hydrogen-bond acceptors (Lipinski definition) is 3. The molecule has 0 aliphatic heterocycles. The molecule has 2 N–H and O–H groups in total. The van der Waals surface area contributed by atoms with Gasteiger partial charge in [-0.25, -0.2) is 13.5 Å². The van der Waals surface area contributed by atoms with Crippen LogP contribution in [0.15, 0.2) is 24.4 Å². The van der Waals surface area contributed by atoms with Gasteiger partial charge in [0.25, 0.3) is 0 Å². The summed E-state index contributed by atoms with van der Waals surface area (Å²) in [5.41, 5.74) is 1.77. The van der Waals surface area contributed by atoms with Crippen molar-refractivity contribution in [1.82, 2.24) is 15.1 Å². The van der Waals surface area contributed by atoms with Crippen molar-refractivity contribution in [1.29, 1.82) is 0 Å². The van der Waals surface area contributed by atoms with E-state index in [9.17, 15) is 13.6 Å². The first-order chi connectivity index (χ1) is 10.6. The van der Waals surface area contributed by atoms with Crippen LogP contribution in [-0.2, 0) is 11.2 Å². The summed E-state index contributed by atoms with van der Waals surface area (Å²) in [6.07, 6.45) is 3.81. The zero-order chi connectivity index (χ0) is 15.7. The van der Waals surface area contributed by atoms with E-state index in [0.717, 1.165) is 30.2 Å². The number of hydrogen-bond donors (Lipinski definition) is 2. The molecule has 0 saturated carbocycles. The summed E-state index contributed by atoms with van der Waals surface area (Å²) in [5, 5.41) is 15.7. The molecule has 1 aromatic heterocycles. The number of rotatable bonds is 3. The van der Waals surface area contributed by atoms with Crippen LogP contribution in [0.1, 0.15) is 30.1 Å². The Balaban J connectivity index is 1.98. The van der Waals surface area contributed by atoms with Gasteiger partial charge in [-0.15, -0.1) is 0 Å². The number of halogens is 2. The average Bonchev–Trinajstić information content (AvgIpc) is 2.92. The standard InChI is InChI=1S/C15H15F2N3O2/c16-9-4-5-14(11(17)6-9)20-13-3-1-2-12(10(13)7-18-20)19-15(22)8-21/h4-7,12,21H,1-3,8H2,(H,19,22). The smallest absolute Gasteiger partial charge is 0.246 e. The summed E-state index contributed by atoms with van der Waals surface area (Å²) in [4.78, 5) is 11.4. The number of fused-ring (bicyclic) bond motifs is 1. The van der Waals surface area contributed by atoms with Gasteiger partial charge in [-0.2, -0.15) is 5.10 Å². The van der Waals surface area contributed by atoms with Gasteiger partial charge in [-0.05, 0) is 31.4 Å². The summed E-state index contributed by atoms with van der Waals surface area (Å²) in [7, 11) is 0. The molecular weight excluding hydrogens is 292 g/mol. The monoisotopic (exact) mass is 307 g/mol. The molecule has 1 amide bonds. The summed E-state index contributed by atoms with van der Waals surface area (Å²) in [6.45, 7) is -0.577. The van der Waals surface area contributed by atoms with Crippen LogP contribution in [0.4, 0.5) is 8.78 Å². The fourth-order valence-corrected chi connectivity index (χ4v) is 2.81. The van der Waals surface area contributed by atoms with Crippen LogP contribution in [0.3, 0.4) is 0 Å². The third kappa shape index (κ3) is 2.59. The highest BCUT2D eigenvalue weighted by Crippen LogP contribution is 2.31. The number of nitrogens with one attached hydrogen (secondary N) is 1. The lowest BCUT2D eigenvalue weighted by Crippen LogP contribution is -2.32. The molecule has 0 spiro atoms. The number of amides is 1. The van der Waals surface area contributed by atoms with Crippen LogP contribution in [0.2, 0.25) is 0 Å². The molecule has 1 aromatic carbocycles. The van der Waals surface area contributed by atoms with Crippen LogP contribution in [0.25, 0.3) is 5.69 Å². The van der Waals surface area contributed by atoms with Crippen molar-refractivity contribution in [3.8, 4) is 5.69 Å². The molecule has 1 aliphatic rings. The van der Waals surface area contributed by atoms with Gasteiger partial charge in [0, 0.05) is 17.3 Å². The Bertz CT molecular complexity index is 715. The Morgan fingerprint density at radius 1 is 1.45 bits per heavy atom. The maximum atomic E-state index is 13.9. The molecule has 0 radical (unpaired) electrons. The van der Waals surface area contributed by atoms with Gasteiger partial charge in [0.2, 0.25) is 5.91 Å². The van der Waals surface area contributed by atoms with Crippen molar-refractivity contribution in [2.24, 2.45) is 0 Å². The molecule has 3 rings (SSSR count). The molecular formula is C15H15F2N3O2. The first-order valence-electron chi connectivity index (χ1n) is 7.02. The lowest BCUT2D eigenvalue weighted by molar-refractivity contribution is -0.124. The molecule has 0 fully saturated rings. The normalized spacial score (nSPS) is 17.1. The van der Waals surface area contributed by atoms with Gasteiger partial charge in [0.15, 0.2) is 5.82 Å². The van der Waals surface area contributed by atoms with Gasteiger partial charge in [0.1, 0.15) is 18.1 Å². The van der Waals surface area contributed by atoms with Crippen molar-refractivity contribution >= 4 is 5.91 Å². The van der Waals surface area contributed by atoms with Gasteiger partial charge in [-0.3, -0.25) is 4.79 Å². The number of aliphatic hydroxyl groups excluding tert-OH is 1. The highest BCUT2D eigenvalue weighted by molar-refractivity contribution is 5.77. The number of benzene rings is 1. The second-order valence-electron chi connectivity index (χ2n) is 5.22. The molecule has 1 aliphatic carbocycles. The van der Waals surface area contributed by atoms with Gasteiger partial charge in [0.05, 0.1) is 12.2 Å². The Morgan fingerprint density at radius 3 is 3.00 bits per heavy atom. The highest BCUT2D eigenvalue weighted by Gasteiger charge is 2.26. The largest absolute Gasteiger partial charge is 0.387 e. The molecule has 0 saturated heterocycles. The molecule has 116 valence electrons. The second-order valence-corrected chi connectivity index (χ2v) is 5.22. The maximum Gasteiger partial charge on any atom is 0.246 e. The van der Waals surface area contributed by atoms with E-state index < -0.39 is 24.1 Å². The van der Waals surface area contributed by atoms with Crippen LogP contribution in [0.5, 0.6) is 0 Å². The zero-order valence-electron chi connectivity index (χ0n) is 11.7. The minimum atomic E-state index is -0.688. The summed E-state index contributed by atoms with van der Waals surface area (Å²) < 4.78 is 28.4. The molecule has 2 aromatic rings. The molecule has 1 heterocycles. The summed E-state index contributed by atoms with van der Waals surface area (Å²) in [6, 6.07) is 3.09. The molecule has 5 nitrogen and oxygen atoms in total. The van der Waals surface area contributed by atoms with Gasteiger partial charge in [-0.1, -0.05) is 0 Å². The number of aromatic nitrogens is 2. The Hall–Kier alpha value is -2.28. The lowest BCUT2D eigenvalue weighted by Gasteiger charge is -2.24. The highest BCUT2D eigenvalue weighted by atomic mass is 19.1. The van der Waals surface area contributed by atoms with Crippen LogP contribution in [-0.4, -0.2) is 27.4 Å². The predicted octanol–water partition coefficient (Wildman–Crippen LogP) is 1.64. The van der Waals surface area contributed by atoms with Crippen molar-refractivity contribution in [2.75, 3.05) is 6.61 Å². The maximum absolute atomic E-state index is 13.9. The Labute approximate surface area is 125 Å². The van der Waals surface area contributed by atoms with Crippen LogP contribution < -0.4 is 5.32 Å². The number of carbonyl (C=O) groups is 1. The number of nitrogens with zero attached hydrogens (tertiary/aromatic N) is 2. The molecule has 1 unspecified atom stereocenters. The van der Waals surface area contributed by atoms with Crippen molar-refractivity contribution in [2.45, 2.75) is 25.3 Å². The second kappa shape index (κ2) is 5.84. The minimum absolute atomic E-state index is 0.178. The molecule has 7 heteroatoms. The fourth-order valence-electron chi connectivity index (χ4n) is 2.81. The molecule has 22 heavy (non-hydrogen) atoms. The SMILES string of the molecule is O=C(CO)NC1CCCc2c1cnn2-c1ccc(F)cc1F. The lowest BCUT2D eigenvalue weighted by atomic mass is 9.93. The van der Waals surface area contributed by atoms with Crippen molar-refractivity contribution in [3.63, 3.8) is 0 Å². The first-order valence-corrected chi connectivity index (χ1v) is 7.02. The zero-order valence-corrected chi connectivity index (χ0v) is 11.7. The summed E-state index contributed by atoms with van der Waals surface area (Å²) >= 11 is 0. The average molecular weight is 307 g/mol. The number of aliphatic hydroxyl groups is 1. The quantitative estimate of drug-likeness (QED) is 0.906. The topological polar surface area (TPSA) is 67.2 Å². The predicted molar refractivity (Wildman–Crippen MR) is 74.4 cm³/mol. The number of carbonyl (C=O) groups excluding carboxylic acids is 1. The van der Waals surface area contributed by atoms with E-state index in [1.807, 2.05) is 0 Å². The molecule has 0 bridgehead atoms. The van der Waals surface area contributed by atoms with Gasteiger partial charge >= 0.3 is 0 Å².